The molecule has 0 amide bonds. The minimum absolute atomic E-state index is 0.319. The summed E-state index contributed by atoms with van der Waals surface area (Å²) < 4.78 is 10.9. The van der Waals surface area contributed by atoms with Crippen LogP contribution in [-0.4, -0.2) is 18.8 Å². The van der Waals surface area contributed by atoms with Crippen LogP contribution in [0.5, 0.6) is 5.75 Å². The first-order valence-corrected chi connectivity index (χ1v) is 10.3. The maximum Gasteiger partial charge on any atom is 0.337 e. The number of esters is 1. The topological polar surface area (TPSA) is 73.9 Å². The Morgan fingerprint density at radius 1 is 0.903 bits per heavy atom. The molecule has 0 radical (unpaired) electrons. The predicted octanol–water partition coefficient (Wildman–Crippen LogP) is 4.91. The second-order valence-corrected chi connectivity index (χ2v) is 7.35. The summed E-state index contributed by atoms with van der Waals surface area (Å²) in [6.07, 6.45) is 2.70. The summed E-state index contributed by atoms with van der Waals surface area (Å²) >= 11 is 0. The molecule has 0 spiro atoms. The molecule has 5 heteroatoms. The van der Waals surface area contributed by atoms with E-state index in [2.05, 4.69) is 23.3 Å². The largest absolute Gasteiger partial charge is 0.489 e. The third kappa shape index (κ3) is 6.19. The van der Waals surface area contributed by atoms with Gasteiger partial charge in [0.15, 0.2) is 0 Å². The number of hydrazone groups is 1. The summed E-state index contributed by atoms with van der Waals surface area (Å²) in [4.78, 5) is 11.6. The molecule has 0 aromatic heterocycles. The van der Waals surface area contributed by atoms with Crippen LogP contribution in [0.4, 0.5) is 0 Å². The van der Waals surface area contributed by atoms with Crippen LogP contribution in [0.3, 0.4) is 0 Å². The van der Waals surface area contributed by atoms with Gasteiger partial charge in [0.1, 0.15) is 12.4 Å². The Balaban J connectivity index is 1.69. The quantitative estimate of drug-likeness (QED) is 0.233. The second-order valence-electron chi connectivity index (χ2n) is 7.35. The zero-order valence-corrected chi connectivity index (χ0v) is 18.0. The van der Waals surface area contributed by atoms with Crippen LogP contribution in [0.15, 0.2) is 77.9 Å². The normalized spacial score (nSPS) is 11.2. The molecule has 0 saturated heterocycles. The average Bonchev–Trinajstić information content (AvgIpc) is 2.83. The zero-order valence-electron chi connectivity index (χ0n) is 18.0. The lowest BCUT2D eigenvalue weighted by Gasteiger charge is -2.14. The van der Waals surface area contributed by atoms with Crippen molar-refractivity contribution in [3.8, 4) is 5.75 Å². The number of nitrogens with two attached hydrogens (primary N) is 1. The molecule has 2 N–H and O–H groups in total. The summed E-state index contributed by atoms with van der Waals surface area (Å²) in [5.41, 5.74) is 5.77. The highest BCUT2D eigenvalue weighted by Gasteiger charge is 2.09. The van der Waals surface area contributed by atoms with Gasteiger partial charge in [0.05, 0.1) is 18.4 Å². The molecule has 3 rings (SSSR count). The Hall–Kier alpha value is -3.60. The van der Waals surface area contributed by atoms with E-state index in [4.69, 9.17) is 15.3 Å². The smallest absolute Gasteiger partial charge is 0.337 e. The third-order valence-corrected chi connectivity index (χ3v) is 5.20. The van der Waals surface area contributed by atoms with Gasteiger partial charge in [0, 0.05) is 0 Å². The molecule has 0 atom stereocenters. The van der Waals surface area contributed by atoms with E-state index in [0.717, 1.165) is 47.4 Å². The van der Waals surface area contributed by atoms with Gasteiger partial charge in [-0.05, 0) is 78.8 Å². The predicted molar refractivity (Wildman–Crippen MR) is 123 cm³/mol. The molecular formula is C26H28N2O3. The van der Waals surface area contributed by atoms with Gasteiger partial charge in [-0.3, -0.25) is 0 Å². The highest BCUT2D eigenvalue weighted by Crippen LogP contribution is 2.24. The van der Waals surface area contributed by atoms with E-state index in [1.807, 2.05) is 49.4 Å². The summed E-state index contributed by atoms with van der Waals surface area (Å²) in [5, 5.41) is 3.82. The number of ether oxygens (including phenoxy) is 2. The molecule has 0 heterocycles. The first-order valence-electron chi connectivity index (χ1n) is 10.3. The molecular weight excluding hydrogens is 388 g/mol. The van der Waals surface area contributed by atoms with Crippen LogP contribution in [-0.2, 0) is 24.2 Å². The highest BCUT2D eigenvalue weighted by atomic mass is 16.5. The first-order chi connectivity index (χ1) is 15.1. The second kappa shape index (κ2) is 11.0. The number of rotatable bonds is 9. The number of aryl methyl sites for hydroxylation is 2. The molecule has 0 aliphatic carbocycles. The zero-order chi connectivity index (χ0) is 22.1. The lowest BCUT2D eigenvalue weighted by Crippen LogP contribution is -2.04. The van der Waals surface area contributed by atoms with Gasteiger partial charge in [0.25, 0.3) is 0 Å². The van der Waals surface area contributed by atoms with Crippen molar-refractivity contribution >= 4 is 11.7 Å². The van der Waals surface area contributed by atoms with Crippen molar-refractivity contribution < 1.29 is 14.3 Å². The van der Waals surface area contributed by atoms with E-state index in [1.165, 1.54) is 12.7 Å². The minimum Gasteiger partial charge on any atom is -0.489 e. The minimum atomic E-state index is -0.319. The number of nitrogens with zero attached hydrogens (tertiary/aromatic N) is 1. The monoisotopic (exact) mass is 416 g/mol. The van der Waals surface area contributed by atoms with Crippen LogP contribution < -0.4 is 10.6 Å². The molecule has 0 bridgehead atoms. The van der Waals surface area contributed by atoms with E-state index in [9.17, 15) is 4.79 Å². The number of carbonyl (C=O) groups is 1. The fourth-order valence-corrected chi connectivity index (χ4v) is 3.36. The van der Waals surface area contributed by atoms with Crippen molar-refractivity contribution in [3.05, 3.63) is 101 Å². The molecule has 0 aliphatic rings. The molecule has 3 aromatic rings. The van der Waals surface area contributed by atoms with Crippen molar-refractivity contribution in [1.29, 1.82) is 0 Å². The summed E-state index contributed by atoms with van der Waals surface area (Å²) in [6, 6.07) is 23.8. The fraction of sp³-hybridized carbons (Fsp3) is 0.231. The highest BCUT2D eigenvalue weighted by molar-refractivity contribution is 5.98. The maximum atomic E-state index is 11.6. The number of methoxy groups -OCH3 is 1. The first kappa shape index (κ1) is 22.1. The SMILES string of the molecule is COC(=O)c1ccc(CCCc2cc(C(C)=NN)ccc2OCc2ccccc2)cc1. The van der Waals surface area contributed by atoms with Gasteiger partial charge >= 0.3 is 5.97 Å². The summed E-state index contributed by atoms with van der Waals surface area (Å²) in [6.45, 7) is 2.42. The van der Waals surface area contributed by atoms with Gasteiger partial charge < -0.3 is 15.3 Å². The Labute approximate surface area is 183 Å². The van der Waals surface area contributed by atoms with Crippen LogP contribution >= 0.6 is 0 Å². The van der Waals surface area contributed by atoms with Crippen LogP contribution in [0.1, 0.15) is 46.0 Å². The number of hydrogen-bond donors (Lipinski definition) is 1. The lowest BCUT2D eigenvalue weighted by atomic mass is 9.99. The van der Waals surface area contributed by atoms with Gasteiger partial charge in [-0.2, -0.15) is 5.10 Å². The van der Waals surface area contributed by atoms with Crippen molar-refractivity contribution in [2.75, 3.05) is 7.11 Å². The molecule has 3 aromatic carbocycles. The van der Waals surface area contributed by atoms with E-state index in [0.29, 0.717) is 12.2 Å². The summed E-state index contributed by atoms with van der Waals surface area (Å²) in [5.74, 6) is 6.02. The molecule has 0 fully saturated rings. The van der Waals surface area contributed by atoms with E-state index < -0.39 is 0 Å². The van der Waals surface area contributed by atoms with Crippen LogP contribution in [0.25, 0.3) is 0 Å². The molecule has 0 unspecified atom stereocenters. The van der Waals surface area contributed by atoms with Gasteiger partial charge in [-0.25, -0.2) is 4.79 Å². The van der Waals surface area contributed by atoms with E-state index >= 15 is 0 Å². The number of carbonyl (C=O) groups excluding carboxylic acids is 1. The Bertz CT molecular complexity index is 1030. The fourth-order valence-electron chi connectivity index (χ4n) is 3.36. The molecule has 0 saturated carbocycles. The molecule has 160 valence electrons. The van der Waals surface area contributed by atoms with Gasteiger partial charge in [-0.15, -0.1) is 0 Å². The van der Waals surface area contributed by atoms with Crippen molar-refractivity contribution in [3.63, 3.8) is 0 Å². The van der Waals surface area contributed by atoms with Crippen molar-refractivity contribution in [2.24, 2.45) is 10.9 Å². The number of benzene rings is 3. The Morgan fingerprint density at radius 2 is 1.61 bits per heavy atom. The summed E-state index contributed by atoms with van der Waals surface area (Å²) in [7, 11) is 1.39. The molecule has 31 heavy (non-hydrogen) atoms. The van der Waals surface area contributed by atoms with E-state index in [1.54, 1.807) is 12.1 Å². The Kier molecular flexibility index (Phi) is 7.82. The molecule has 0 aliphatic heterocycles. The lowest BCUT2D eigenvalue weighted by molar-refractivity contribution is 0.0600. The van der Waals surface area contributed by atoms with Crippen molar-refractivity contribution in [2.45, 2.75) is 32.8 Å². The van der Waals surface area contributed by atoms with Crippen LogP contribution in [0.2, 0.25) is 0 Å². The van der Waals surface area contributed by atoms with Gasteiger partial charge in [0.2, 0.25) is 0 Å². The van der Waals surface area contributed by atoms with Crippen molar-refractivity contribution in [1.82, 2.24) is 0 Å². The number of hydrogen-bond acceptors (Lipinski definition) is 5. The maximum absolute atomic E-state index is 11.6. The molecule has 5 nitrogen and oxygen atoms in total. The van der Waals surface area contributed by atoms with E-state index in [-0.39, 0.29) is 5.97 Å². The third-order valence-electron chi connectivity index (χ3n) is 5.20. The Morgan fingerprint density at radius 3 is 2.29 bits per heavy atom. The van der Waals surface area contributed by atoms with Crippen LogP contribution in [0, 0.1) is 0 Å². The standard InChI is InChI=1S/C26H28N2O3/c1-19(28-27)23-15-16-25(31-18-21-7-4-3-5-8-21)24(17-23)10-6-9-20-11-13-22(14-12-20)26(29)30-2/h3-5,7-8,11-17H,6,9-10,18,27H2,1-2H3. The average molecular weight is 417 g/mol. The van der Waals surface area contributed by atoms with Gasteiger partial charge in [-0.1, -0.05) is 42.5 Å².